The molecule has 1 N–H and O–H groups in total. The average molecular weight is 408 g/mol. The number of aromatic nitrogens is 2. The quantitative estimate of drug-likeness (QED) is 0.327. The van der Waals surface area contributed by atoms with Gasteiger partial charge in [-0.25, -0.2) is 9.97 Å². The van der Waals surface area contributed by atoms with Crippen LogP contribution in [0.3, 0.4) is 0 Å². The van der Waals surface area contributed by atoms with E-state index >= 15 is 0 Å². The molecule has 1 heterocycles. The van der Waals surface area contributed by atoms with Crippen LogP contribution in [0.2, 0.25) is 0 Å². The zero-order chi connectivity index (χ0) is 21.3. The summed E-state index contributed by atoms with van der Waals surface area (Å²) >= 11 is 0. The Morgan fingerprint density at radius 2 is 1.83 bits per heavy atom. The highest BCUT2D eigenvalue weighted by molar-refractivity contribution is 6.03. The minimum absolute atomic E-state index is 0.202. The third-order valence-corrected chi connectivity index (χ3v) is 4.43. The second-order valence-corrected chi connectivity index (χ2v) is 6.28. The molecule has 30 heavy (non-hydrogen) atoms. The van der Waals surface area contributed by atoms with Crippen LogP contribution in [-0.4, -0.2) is 42.5 Å². The van der Waals surface area contributed by atoms with E-state index in [1.807, 2.05) is 36.4 Å². The number of nitrogens with one attached hydrogen (secondary N) is 1. The van der Waals surface area contributed by atoms with Gasteiger partial charge >= 0.3 is 5.97 Å². The van der Waals surface area contributed by atoms with Crippen molar-refractivity contribution >= 4 is 28.4 Å². The van der Waals surface area contributed by atoms with Crippen molar-refractivity contribution in [2.45, 2.75) is 19.8 Å². The molecule has 0 unspecified atom stereocenters. The molecule has 0 bridgehead atoms. The van der Waals surface area contributed by atoms with Crippen molar-refractivity contribution in [1.29, 1.82) is 0 Å². The first-order chi connectivity index (χ1) is 14.7. The highest BCUT2D eigenvalue weighted by Crippen LogP contribution is 2.28. The lowest BCUT2D eigenvalue weighted by molar-refractivity contribution is -0.142. The molecule has 8 heteroatoms. The van der Waals surface area contributed by atoms with Gasteiger partial charge in [-0.1, -0.05) is 12.1 Å². The number of hydrogen-bond donors (Lipinski definition) is 1. The first-order valence-electron chi connectivity index (χ1n) is 9.56. The molecule has 3 aromatic rings. The molecule has 156 valence electrons. The smallest absolute Gasteiger partial charge is 0.306 e. The van der Waals surface area contributed by atoms with Crippen molar-refractivity contribution in [2.24, 2.45) is 5.10 Å². The van der Waals surface area contributed by atoms with Crippen LogP contribution in [0.5, 0.6) is 11.5 Å². The van der Waals surface area contributed by atoms with Crippen LogP contribution < -0.4 is 14.9 Å². The maximum Gasteiger partial charge on any atom is 0.306 e. The average Bonchev–Trinajstić information content (AvgIpc) is 2.79. The molecule has 0 aliphatic rings. The third-order valence-electron chi connectivity index (χ3n) is 4.43. The molecule has 0 spiro atoms. The topological polar surface area (TPSA) is 94.9 Å². The number of carbonyl (C=O) groups excluding carboxylic acids is 1. The van der Waals surface area contributed by atoms with Gasteiger partial charge in [-0.05, 0) is 37.3 Å². The van der Waals surface area contributed by atoms with Gasteiger partial charge in [0.1, 0.15) is 6.33 Å². The number of nitrogens with zero attached hydrogens (tertiary/aromatic N) is 3. The van der Waals surface area contributed by atoms with Crippen molar-refractivity contribution in [1.82, 2.24) is 9.97 Å². The first-order valence-corrected chi connectivity index (χ1v) is 9.56. The molecular formula is C22H24N4O4. The van der Waals surface area contributed by atoms with E-state index < -0.39 is 0 Å². The van der Waals surface area contributed by atoms with Gasteiger partial charge in [-0.2, -0.15) is 5.10 Å². The van der Waals surface area contributed by atoms with E-state index in [9.17, 15) is 4.79 Å². The Morgan fingerprint density at radius 3 is 2.60 bits per heavy atom. The molecule has 8 nitrogen and oxygen atoms in total. The molecule has 2 aromatic carbocycles. The lowest BCUT2D eigenvalue weighted by atomic mass is 10.0. The Hall–Kier alpha value is -3.68. The van der Waals surface area contributed by atoms with Gasteiger partial charge in [0.05, 0.1) is 38.5 Å². The van der Waals surface area contributed by atoms with Gasteiger partial charge < -0.3 is 14.2 Å². The molecule has 0 aliphatic heterocycles. The van der Waals surface area contributed by atoms with E-state index in [1.54, 1.807) is 27.2 Å². The van der Waals surface area contributed by atoms with E-state index in [1.165, 1.54) is 6.33 Å². The van der Waals surface area contributed by atoms with Crippen molar-refractivity contribution in [3.63, 3.8) is 0 Å². The first kappa shape index (κ1) is 21.0. The van der Waals surface area contributed by atoms with E-state index in [0.717, 1.165) is 16.5 Å². The lowest BCUT2D eigenvalue weighted by Crippen LogP contribution is -2.11. The molecule has 3 rings (SSSR count). The van der Waals surface area contributed by atoms with Crippen molar-refractivity contribution in [2.75, 3.05) is 26.3 Å². The van der Waals surface area contributed by atoms with Crippen molar-refractivity contribution < 1.29 is 19.0 Å². The van der Waals surface area contributed by atoms with E-state index in [0.29, 0.717) is 36.1 Å². The monoisotopic (exact) mass is 408 g/mol. The van der Waals surface area contributed by atoms with Crippen LogP contribution in [-0.2, 0) is 9.53 Å². The minimum Gasteiger partial charge on any atom is -0.493 e. The summed E-state index contributed by atoms with van der Waals surface area (Å²) in [5, 5.41) is 5.40. The molecule has 0 aliphatic carbocycles. The van der Waals surface area contributed by atoms with Crippen LogP contribution in [0.4, 0.5) is 5.82 Å². The molecular weight excluding hydrogens is 384 g/mol. The molecule has 0 atom stereocenters. The van der Waals surface area contributed by atoms with Crippen LogP contribution in [0, 0.1) is 0 Å². The molecule has 0 fully saturated rings. The molecule has 0 radical (unpaired) electrons. The van der Waals surface area contributed by atoms with Gasteiger partial charge in [0.25, 0.3) is 0 Å². The number of ether oxygens (including phenoxy) is 3. The number of hydrazone groups is 1. The predicted molar refractivity (Wildman–Crippen MR) is 115 cm³/mol. The zero-order valence-corrected chi connectivity index (χ0v) is 17.2. The number of rotatable bonds is 9. The molecule has 0 amide bonds. The summed E-state index contributed by atoms with van der Waals surface area (Å²) in [6.07, 6.45) is 2.06. The number of benzene rings is 2. The second kappa shape index (κ2) is 10.2. The highest BCUT2D eigenvalue weighted by atomic mass is 16.5. The summed E-state index contributed by atoms with van der Waals surface area (Å²) in [6.45, 7) is 2.12. The standard InChI is InChI=1S/C22H24N4O4/c1-4-30-21(27)12-10-17(15-9-11-19(28-2)20(13-15)29-3)25-26-22-16-7-5-6-8-18(16)23-14-24-22/h5-9,11,13-14H,4,10,12H2,1-3H3,(H,23,24,26). The lowest BCUT2D eigenvalue weighted by Gasteiger charge is -2.12. The Kier molecular flexibility index (Phi) is 7.15. The van der Waals surface area contributed by atoms with Gasteiger partial charge in [-0.15, -0.1) is 0 Å². The zero-order valence-electron chi connectivity index (χ0n) is 17.2. The fraction of sp³-hybridized carbons (Fsp3) is 0.273. The van der Waals surface area contributed by atoms with Crippen molar-refractivity contribution in [3.8, 4) is 11.5 Å². The predicted octanol–water partition coefficient (Wildman–Crippen LogP) is 3.81. The number of fused-ring (bicyclic) bond motifs is 1. The number of methoxy groups -OCH3 is 2. The third kappa shape index (κ3) is 5.02. The highest BCUT2D eigenvalue weighted by Gasteiger charge is 2.13. The van der Waals surface area contributed by atoms with E-state index in [2.05, 4.69) is 20.5 Å². The van der Waals surface area contributed by atoms with Gasteiger partial charge in [-0.3, -0.25) is 10.2 Å². The summed E-state index contributed by atoms with van der Waals surface area (Å²) in [6, 6.07) is 13.1. The maximum atomic E-state index is 11.9. The Balaban J connectivity index is 1.93. The SMILES string of the molecule is CCOC(=O)CCC(=NNc1ncnc2ccccc12)c1ccc(OC)c(OC)c1. The summed E-state index contributed by atoms with van der Waals surface area (Å²) in [4.78, 5) is 20.4. The Morgan fingerprint density at radius 1 is 1.03 bits per heavy atom. The summed E-state index contributed by atoms with van der Waals surface area (Å²) in [7, 11) is 3.15. The summed E-state index contributed by atoms with van der Waals surface area (Å²) < 4.78 is 15.8. The molecule has 0 saturated heterocycles. The number of para-hydroxylation sites is 1. The summed E-state index contributed by atoms with van der Waals surface area (Å²) in [5.74, 6) is 1.49. The van der Waals surface area contributed by atoms with Crippen LogP contribution in [0.15, 0.2) is 53.9 Å². The number of hydrogen-bond acceptors (Lipinski definition) is 8. The fourth-order valence-electron chi connectivity index (χ4n) is 2.95. The van der Waals surface area contributed by atoms with Crippen LogP contribution in [0.1, 0.15) is 25.3 Å². The van der Waals surface area contributed by atoms with Gasteiger partial charge in [0.2, 0.25) is 0 Å². The van der Waals surface area contributed by atoms with Crippen molar-refractivity contribution in [3.05, 3.63) is 54.4 Å². The van der Waals surface area contributed by atoms with Crippen LogP contribution >= 0.6 is 0 Å². The Bertz CT molecular complexity index is 1050. The largest absolute Gasteiger partial charge is 0.493 e. The number of carbonyl (C=O) groups is 1. The minimum atomic E-state index is -0.279. The Labute approximate surface area is 174 Å². The van der Waals surface area contributed by atoms with Gasteiger partial charge in [0, 0.05) is 17.4 Å². The second-order valence-electron chi connectivity index (χ2n) is 6.28. The normalized spacial score (nSPS) is 11.2. The maximum absolute atomic E-state index is 11.9. The van der Waals surface area contributed by atoms with Gasteiger partial charge in [0.15, 0.2) is 17.3 Å². The molecule has 0 saturated carbocycles. The van der Waals surface area contributed by atoms with Crippen LogP contribution in [0.25, 0.3) is 10.9 Å². The number of anilines is 1. The van der Waals surface area contributed by atoms with E-state index in [-0.39, 0.29) is 12.4 Å². The summed E-state index contributed by atoms with van der Waals surface area (Å²) in [5.41, 5.74) is 5.28. The fourth-order valence-corrected chi connectivity index (χ4v) is 2.95. The number of esters is 1. The van der Waals surface area contributed by atoms with E-state index in [4.69, 9.17) is 14.2 Å². The molecule has 1 aromatic heterocycles.